The first-order valence-electron chi connectivity index (χ1n) is 8.23. The van der Waals surface area contributed by atoms with Gasteiger partial charge in [0.2, 0.25) is 5.16 Å². The number of nitrogens with zero attached hydrogens (tertiary/aromatic N) is 3. The molecule has 0 saturated carbocycles. The van der Waals surface area contributed by atoms with E-state index in [1.165, 1.54) is 28.6 Å². The van der Waals surface area contributed by atoms with Gasteiger partial charge < -0.3 is 20.1 Å². The Morgan fingerprint density at radius 3 is 2.46 bits per heavy atom. The van der Waals surface area contributed by atoms with Gasteiger partial charge in [-0.05, 0) is 36.4 Å². The predicted molar refractivity (Wildman–Crippen MR) is 101 cm³/mol. The van der Waals surface area contributed by atoms with Gasteiger partial charge in [0.1, 0.15) is 5.75 Å². The second-order valence-electron chi connectivity index (χ2n) is 5.43. The smallest absolute Gasteiger partial charge is 0.387 e. The van der Waals surface area contributed by atoms with Gasteiger partial charge in [0.15, 0.2) is 17.3 Å². The van der Waals surface area contributed by atoms with Crippen molar-refractivity contribution in [2.75, 3.05) is 25.3 Å². The van der Waals surface area contributed by atoms with Crippen molar-refractivity contribution in [3.05, 3.63) is 48.5 Å². The lowest BCUT2D eigenvalue weighted by molar-refractivity contribution is -0.0498. The lowest BCUT2D eigenvalue weighted by atomic mass is 10.2. The average Bonchev–Trinajstić information content (AvgIpc) is 3.06. The van der Waals surface area contributed by atoms with Crippen molar-refractivity contribution >= 4 is 11.8 Å². The SMILES string of the molecule is COc1ccccc1OCCSc1nnc(-c2ccc(OC(F)F)cc2)n1N. The number of para-hydroxylation sites is 2. The van der Waals surface area contributed by atoms with Crippen LogP contribution in [0.15, 0.2) is 53.7 Å². The third-order valence-corrected chi connectivity index (χ3v) is 4.55. The number of methoxy groups -OCH3 is 1. The molecule has 28 heavy (non-hydrogen) atoms. The summed E-state index contributed by atoms with van der Waals surface area (Å²) in [6.07, 6.45) is 0. The number of nitrogens with two attached hydrogens (primary N) is 1. The maximum absolute atomic E-state index is 12.2. The quantitative estimate of drug-likeness (QED) is 0.330. The highest BCUT2D eigenvalue weighted by atomic mass is 32.2. The largest absolute Gasteiger partial charge is 0.493 e. The number of nitrogen functional groups attached to an aromatic ring is 1. The van der Waals surface area contributed by atoms with E-state index in [1.807, 2.05) is 24.3 Å². The van der Waals surface area contributed by atoms with Crippen LogP contribution in [0.1, 0.15) is 0 Å². The van der Waals surface area contributed by atoms with E-state index >= 15 is 0 Å². The molecule has 0 aliphatic rings. The Balaban J connectivity index is 1.57. The first-order valence-corrected chi connectivity index (χ1v) is 9.21. The third kappa shape index (κ3) is 4.83. The molecule has 148 valence electrons. The molecule has 0 atom stereocenters. The van der Waals surface area contributed by atoms with Gasteiger partial charge in [-0.3, -0.25) is 0 Å². The van der Waals surface area contributed by atoms with Gasteiger partial charge in [-0.15, -0.1) is 10.2 Å². The van der Waals surface area contributed by atoms with E-state index in [-0.39, 0.29) is 5.75 Å². The van der Waals surface area contributed by atoms with Gasteiger partial charge >= 0.3 is 6.61 Å². The van der Waals surface area contributed by atoms with E-state index in [9.17, 15) is 8.78 Å². The molecule has 0 bridgehead atoms. The standard InChI is InChI=1S/C18H18F2N4O3S/c1-25-14-4-2-3-5-15(14)26-10-11-28-18-23-22-16(24(18)21)12-6-8-13(9-7-12)27-17(19)20/h2-9,17H,10-11,21H2,1H3. The van der Waals surface area contributed by atoms with Crippen LogP contribution in [0.3, 0.4) is 0 Å². The first kappa shape index (κ1) is 19.7. The van der Waals surface area contributed by atoms with Crippen molar-refractivity contribution < 1.29 is 23.0 Å². The first-order chi connectivity index (χ1) is 13.6. The molecule has 3 rings (SSSR count). The topological polar surface area (TPSA) is 84.4 Å². The van der Waals surface area contributed by atoms with E-state index in [0.29, 0.717) is 40.4 Å². The summed E-state index contributed by atoms with van der Waals surface area (Å²) in [5.74, 6) is 8.44. The number of hydrogen-bond donors (Lipinski definition) is 1. The van der Waals surface area contributed by atoms with Gasteiger partial charge in [-0.25, -0.2) is 4.68 Å². The van der Waals surface area contributed by atoms with Crippen LogP contribution >= 0.6 is 11.8 Å². The van der Waals surface area contributed by atoms with Crippen molar-refractivity contribution in [2.24, 2.45) is 0 Å². The Labute approximate surface area is 164 Å². The number of ether oxygens (including phenoxy) is 3. The molecule has 10 heteroatoms. The minimum Gasteiger partial charge on any atom is -0.493 e. The number of thioether (sulfide) groups is 1. The molecule has 0 radical (unpaired) electrons. The molecule has 0 aliphatic heterocycles. The van der Waals surface area contributed by atoms with Gasteiger partial charge in [0, 0.05) is 11.3 Å². The lowest BCUT2D eigenvalue weighted by Gasteiger charge is -2.10. The Kier molecular flexibility index (Phi) is 6.53. The van der Waals surface area contributed by atoms with Crippen LogP contribution in [0.25, 0.3) is 11.4 Å². The Hall–Kier alpha value is -3.01. The molecule has 1 aromatic heterocycles. The van der Waals surface area contributed by atoms with Crippen LogP contribution in [0.2, 0.25) is 0 Å². The number of hydrogen-bond acceptors (Lipinski definition) is 7. The summed E-state index contributed by atoms with van der Waals surface area (Å²) in [4.78, 5) is 0. The third-order valence-electron chi connectivity index (χ3n) is 3.64. The van der Waals surface area contributed by atoms with E-state index in [4.69, 9.17) is 15.3 Å². The van der Waals surface area contributed by atoms with E-state index < -0.39 is 6.61 Å². The normalized spacial score (nSPS) is 10.9. The molecule has 0 unspecified atom stereocenters. The molecule has 2 aromatic carbocycles. The maximum Gasteiger partial charge on any atom is 0.387 e. The summed E-state index contributed by atoms with van der Waals surface area (Å²) in [5.41, 5.74) is 0.633. The zero-order chi connectivity index (χ0) is 19.9. The monoisotopic (exact) mass is 408 g/mol. The molecule has 0 fully saturated rings. The average molecular weight is 408 g/mol. The van der Waals surface area contributed by atoms with Crippen LogP contribution in [-0.4, -0.2) is 41.0 Å². The fourth-order valence-electron chi connectivity index (χ4n) is 2.38. The fourth-order valence-corrected chi connectivity index (χ4v) is 3.05. The molecule has 1 heterocycles. The van der Waals surface area contributed by atoms with Crippen LogP contribution in [0.5, 0.6) is 17.2 Å². The molecular weight excluding hydrogens is 390 g/mol. The van der Waals surface area contributed by atoms with Gasteiger partial charge in [-0.2, -0.15) is 8.78 Å². The molecule has 3 aromatic rings. The lowest BCUT2D eigenvalue weighted by Crippen LogP contribution is -2.12. The zero-order valence-corrected chi connectivity index (χ0v) is 15.7. The fraction of sp³-hybridized carbons (Fsp3) is 0.222. The Morgan fingerprint density at radius 2 is 1.79 bits per heavy atom. The van der Waals surface area contributed by atoms with Crippen molar-refractivity contribution in [2.45, 2.75) is 11.8 Å². The summed E-state index contributed by atoms with van der Waals surface area (Å²) in [7, 11) is 1.58. The minimum absolute atomic E-state index is 0.0601. The van der Waals surface area contributed by atoms with E-state index in [2.05, 4.69) is 14.9 Å². The van der Waals surface area contributed by atoms with Crippen molar-refractivity contribution in [3.8, 4) is 28.6 Å². The number of halogens is 2. The Bertz CT molecular complexity index is 906. The summed E-state index contributed by atoms with van der Waals surface area (Å²) in [6, 6.07) is 13.4. The molecule has 0 spiro atoms. The van der Waals surface area contributed by atoms with Gasteiger partial charge in [-0.1, -0.05) is 23.9 Å². The molecule has 0 aliphatic carbocycles. The second-order valence-corrected chi connectivity index (χ2v) is 6.49. The van der Waals surface area contributed by atoms with Gasteiger partial charge in [0.25, 0.3) is 0 Å². The van der Waals surface area contributed by atoms with Crippen LogP contribution in [0, 0.1) is 0 Å². The predicted octanol–water partition coefficient (Wildman–Crippen LogP) is 3.44. The second kappa shape index (κ2) is 9.27. The Morgan fingerprint density at radius 1 is 1.07 bits per heavy atom. The zero-order valence-electron chi connectivity index (χ0n) is 14.9. The minimum atomic E-state index is -2.87. The highest BCUT2D eigenvalue weighted by molar-refractivity contribution is 7.99. The molecule has 7 nitrogen and oxygen atoms in total. The number of alkyl halides is 2. The van der Waals surface area contributed by atoms with Gasteiger partial charge in [0.05, 0.1) is 13.7 Å². The summed E-state index contributed by atoms with van der Waals surface area (Å²) in [5, 5.41) is 8.62. The van der Waals surface area contributed by atoms with Crippen LogP contribution < -0.4 is 20.1 Å². The summed E-state index contributed by atoms with van der Waals surface area (Å²) in [6.45, 7) is -2.45. The van der Waals surface area contributed by atoms with Crippen molar-refractivity contribution in [1.29, 1.82) is 0 Å². The highest BCUT2D eigenvalue weighted by Gasteiger charge is 2.13. The molecule has 0 amide bonds. The van der Waals surface area contributed by atoms with E-state index in [0.717, 1.165) is 0 Å². The maximum atomic E-state index is 12.2. The summed E-state index contributed by atoms with van der Waals surface area (Å²) < 4.78 is 41.1. The van der Waals surface area contributed by atoms with E-state index in [1.54, 1.807) is 19.2 Å². The van der Waals surface area contributed by atoms with Crippen LogP contribution in [-0.2, 0) is 0 Å². The number of aromatic nitrogens is 3. The van der Waals surface area contributed by atoms with Crippen LogP contribution in [0.4, 0.5) is 8.78 Å². The number of rotatable bonds is 9. The molecular formula is C18H18F2N4O3S. The molecule has 2 N–H and O–H groups in total. The van der Waals surface area contributed by atoms with Crippen molar-refractivity contribution in [1.82, 2.24) is 14.9 Å². The van der Waals surface area contributed by atoms with Crippen molar-refractivity contribution in [3.63, 3.8) is 0 Å². The highest BCUT2D eigenvalue weighted by Crippen LogP contribution is 2.27. The molecule has 0 saturated heterocycles. The number of benzene rings is 2. The summed E-state index contributed by atoms with van der Waals surface area (Å²) >= 11 is 1.38.